The van der Waals surface area contributed by atoms with Gasteiger partial charge in [-0.25, -0.2) is 0 Å². The molecule has 4 heteroatoms. The van der Waals surface area contributed by atoms with Crippen LogP contribution >= 0.6 is 11.6 Å². The molecular formula is C17H18ClN3. The first-order valence-electron chi connectivity index (χ1n) is 7.06. The van der Waals surface area contributed by atoms with Crippen LogP contribution in [-0.2, 0) is 0 Å². The number of hydrazone groups is 1. The third-order valence-corrected chi connectivity index (χ3v) is 4.05. The van der Waals surface area contributed by atoms with Gasteiger partial charge in [-0.15, -0.1) is 0 Å². The number of rotatable bonds is 3. The normalized spacial score (nSPS) is 18.0. The van der Waals surface area contributed by atoms with E-state index in [1.54, 1.807) is 0 Å². The molecule has 2 aromatic carbocycles. The molecule has 3 nitrogen and oxygen atoms in total. The van der Waals surface area contributed by atoms with Crippen LogP contribution in [0.1, 0.15) is 23.6 Å². The smallest absolute Gasteiger partial charge is 0.0828 e. The van der Waals surface area contributed by atoms with Crippen LogP contribution in [0.3, 0.4) is 0 Å². The van der Waals surface area contributed by atoms with Gasteiger partial charge in [0.05, 0.1) is 17.4 Å². The summed E-state index contributed by atoms with van der Waals surface area (Å²) < 4.78 is 0. The standard InChI is InChI=1S/C17H18ClN3/c1-12-7-8-14(18)9-16(12)21-17(10-15(11-19)20-21)13-5-3-2-4-6-13/h2-9,17H,10-11,19H2,1H3. The van der Waals surface area contributed by atoms with Gasteiger partial charge in [-0.1, -0.05) is 48.0 Å². The molecule has 2 aromatic rings. The highest BCUT2D eigenvalue weighted by atomic mass is 35.5. The van der Waals surface area contributed by atoms with Gasteiger partial charge >= 0.3 is 0 Å². The topological polar surface area (TPSA) is 41.6 Å². The molecule has 0 saturated carbocycles. The van der Waals surface area contributed by atoms with E-state index in [2.05, 4.69) is 36.2 Å². The monoisotopic (exact) mass is 299 g/mol. The van der Waals surface area contributed by atoms with E-state index in [4.69, 9.17) is 22.4 Å². The highest BCUT2D eigenvalue weighted by Gasteiger charge is 2.29. The van der Waals surface area contributed by atoms with Crippen LogP contribution in [0.5, 0.6) is 0 Å². The van der Waals surface area contributed by atoms with Crippen molar-refractivity contribution in [1.82, 2.24) is 0 Å². The van der Waals surface area contributed by atoms with Crippen molar-refractivity contribution in [2.45, 2.75) is 19.4 Å². The summed E-state index contributed by atoms with van der Waals surface area (Å²) in [6.07, 6.45) is 0.854. The van der Waals surface area contributed by atoms with Crippen LogP contribution in [0.4, 0.5) is 5.69 Å². The van der Waals surface area contributed by atoms with Crippen molar-refractivity contribution in [3.05, 3.63) is 64.7 Å². The largest absolute Gasteiger partial charge is 0.325 e. The number of nitrogens with zero attached hydrogens (tertiary/aromatic N) is 2. The zero-order valence-corrected chi connectivity index (χ0v) is 12.7. The maximum atomic E-state index is 6.16. The molecule has 1 atom stereocenters. The third-order valence-electron chi connectivity index (χ3n) is 3.81. The number of nitrogens with two attached hydrogens (primary N) is 1. The van der Waals surface area contributed by atoms with Crippen molar-refractivity contribution in [2.75, 3.05) is 11.6 Å². The van der Waals surface area contributed by atoms with Crippen molar-refractivity contribution in [3.8, 4) is 0 Å². The molecule has 0 radical (unpaired) electrons. The Hall–Kier alpha value is -1.84. The molecule has 0 aromatic heterocycles. The average Bonchev–Trinajstić information content (AvgIpc) is 2.95. The Morgan fingerprint density at radius 3 is 2.71 bits per heavy atom. The van der Waals surface area contributed by atoms with E-state index in [0.29, 0.717) is 6.54 Å². The van der Waals surface area contributed by atoms with Crippen molar-refractivity contribution >= 4 is 23.0 Å². The van der Waals surface area contributed by atoms with Gasteiger partial charge in [0.15, 0.2) is 0 Å². The van der Waals surface area contributed by atoms with Crippen LogP contribution in [-0.4, -0.2) is 12.3 Å². The maximum absolute atomic E-state index is 6.16. The number of halogens is 1. The SMILES string of the molecule is Cc1ccc(Cl)cc1N1N=C(CN)CC1c1ccccc1. The van der Waals surface area contributed by atoms with E-state index in [9.17, 15) is 0 Å². The second-order valence-corrected chi connectivity index (χ2v) is 5.71. The second kappa shape index (κ2) is 5.88. The van der Waals surface area contributed by atoms with E-state index < -0.39 is 0 Å². The fourth-order valence-corrected chi connectivity index (χ4v) is 2.85. The molecule has 1 heterocycles. The number of benzene rings is 2. The van der Waals surface area contributed by atoms with Gasteiger partial charge in [-0.2, -0.15) is 5.10 Å². The first kappa shape index (κ1) is 14.1. The van der Waals surface area contributed by atoms with Crippen LogP contribution in [0.2, 0.25) is 5.02 Å². The lowest BCUT2D eigenvalue weighted by atomic mass is 10.0. The summed E-state index contributed by atoms with van der Waals surface area (Å²) in [6.45, 7) is 2.56. The fourth-order valence-electron chi connectivity index (χ4n) is 2.68. The Morgan fingerprint density at radius 1 is 1.24 bits per heavy atom. The summed E-state index contributed by atoms with van der Waals surface area (Å²) in [7, 11) is 0. The predicted octanol–water partition coefficient (Wildman–Crippen LogP) is 3.91. The molecule has 1 aliphatic rings. The molecule has 108 valence electrons. The fraction of sp³-hybridized carbons (Fsp3) is 0.235. The molecule has 0 aliphatic carbocycles. The zero-order valence-electron chi connectivity index (χ0n) is 12.0. The van der Waals surface area contributed by atoms with Crippen LogP contribution in [0.15, 0.2) is 53.6 Å². The minimum atomic E-state index is 0.182. The van der Waals surface area contributed by atoms with Gasteiger partial charge in [-0.3, -0.25) is 5.01 Å². The van der Waals surface area contributed by atoms with Crippen molar-refractivity contribution < 1.29 is 0 Å². The summed E-state index contributed by atoms with van der Waals surface area (Å²) in [5.74, 6) is 0. The van der Waals surface area contributed by atoms with E-state index in [1.165, 1.54) is 5.56 Å². The minimum Gasteiger partial charge on any atom is -0.325 e. The van der Waals surface area contributed by atoms with E-state index in [1.807, 2.05) is 24.3 Å². The lowest BCUT2D eigenvalue weighted by Crippen LogP contribution is -2.19. The highest BCUT2D eigenvalue weighted by molar-refractivity contribution is 6.30. The van der Waals surface area contributed by atoms with Crippen molar-refractivity contribution in [3.63, 3.8) is 0 Å². The molecule has 0 bridgehead atoms. The molecule has 3 rings (SSSR count). The van der Waals surface area contributed by atoms with Crippen LogP contribution in [0.25, 0.3) is 0 Å². The predicted molar refractivity (Wildman–Crippen MR) is 89.0 cm³/mol. The van der Waals surface area contributed by atoms with Gasteiger partial charge in [0.1, 0.15) is 0 Å². The quantitative estimate of drug-likeness (QED) is 0.933. The summed E-state index contributed by atoms with van der Waals surface area (Å²) in [4.78, 5) is 0. The lowest BCUT2D eigenvalue weighted by molar-refractivity contribution is 0.706. The summed E-state index contributed by atoms with van der Waals surface area (Å²) in [6, 6.07) is 16.5. The molecule has 1 aliphatic heterocycles. The number of anilines is 1. The molecule has 1 unspecified atom stereocenters. The lowest BCUT2D eigenvalue weighted by Gasteiger charge is -2.25. The van der Waals surface area contributed by atoms with E-state index in [0.717, 1.165) is 28.4 Å². The van der Waals surface area contributed by atoms with Crippen molar-refractivity contribution in [1.29, 1.82) is 0 Å². The molecule has 21 heavy (non-hydrogen) atoms. The number of hydrogen-bond acceptors (Lipinski definition) is 3. The van der Waals surface area contributed by atoms with Gasteiger partial charge in [0, 0.05) is 18.0 Å². The van der Waals surface area contributed by atoms with Gasteiger partial charge in [-0.05, 0) is 30.2 Å². The van der Waals surface area contributed by atoms with Gasteiger partial charge in [0.2, 0.25) is 0 Å². The van der Waals surface area contributed by atoms with Gasteiger partial charge in [0.25, 0.3) is 0 Å². The highest BCUT2D eigenvalue weighted by Crippen LogP contribution is 2.37. The molecule has 0 saturated heterocycles. The average molecular weight is 300 g/mol. The summed E-state index contributed by atoms with van der Waals surface area (Å²) in [5, 5.41) is 7.48. The van der Waals surface area contributed by atoms with Crippen LogP contribution in [0, 0.1) is 6.92 Å². The number of aryl methyl sites for hydroxylation is 1. The van der Waals surface area contributed by atoms with Gasteiger partial charge < -0.3 is 5.73 Å². The molecule has 0 fully saturated rings. The van der Waals surface area contributed by atoms with Crippen molar-refractivity contribution in [2.24, 2.45) is 10.8 Å². The third kappa shape index (κ3) is 2.80. The van der Waals surface area contributed by atoms with E-state index >= 15 is 0 Å². The molecular weight excluding hydrogens is 282 g/mol. The molecule has 2 N–H and O–H groups in total. The Labute approximate surface area is 130 Å². The summed E-state index contributed by atoms with van der Waals surface area (Å²) >= 11 is 6.16. The Balaban J connectivity index is 2.04. The first-order valence-corrected chi connectivity index (χ1v) is 7.43. The Bertz CT molecular complexity index is 667. The Morgan fingerprint density at radius 2 is 2.00 bits per heavy atom. The first-order chi connectivity index (χ1) is 10.2. The van der Waals surface area contributed by atoms with E-state index in [-0.39, 0.29) is 6.04 Å². The number of hydrogen-bond donors (Lipinski definition) is 1. The maximum Gasteiger partial charge on any atom is 0.0828 e. The van der Waals surface area contributed by atoms with Crippen LogP contribution < -0.4 is 10.7 Å². The minimum absolute atomic E-state index is 0.182. The Kier molecular flexibility index (Phi) is 3.95. The molecule has 0 amide bonds. The summed E-state index contributed by atoms with van der Waals surface area (Å²) in [5.41, 5.74) is 10.3. The zero-order chi connectivity index (χ0) is 14.8. The molecule has 0 spiro atoms. The second-order valence-electron chi connectivity index (χ2n) is 5.28.